The molecule has 11 heteroatoms. The average Bonchev–Trinajstić information content (AvgIpc) is 2.94. The molecule has 0 saturated carbocycles. The van der Waals surface area contributed by atoms with Crippen molar-refractivity contribution >= 4 is 30.7 Å². The zero-order chi connectivity index (χ0) is 16.1. The van der Waals surface area contributed by atoms with Crippen LogP contribution in [-0.4, -0.2) is 101 Å². The van der Waals surface area contributed by atoms with E-state index in [1.54, 1.807) is 15.8 Å². The molecule has 1 aromatic rings. The minimum absolute atomic E-state index is 0. The van der Waals surface area contributed by atoms with Gasteiger partial charge in [-0.1, -0.05) is 5.21 Å². The minimum Gasteiger partial charge on any atom is -0.390 e. The molecule has 3 N–H and O–H groups in total. The van der Waals surface area contributed by atoms with Gasteiger partial charge in [0.2, 0.25) is 0 Å². The van der Waals surface area contributed by atoms with Crippen molar-refractivity contribution in [3.63, 3.8) is 0 Å². The molecule has 1 atom stereocenters. The molecule has 2 aliphatic heterocycles. The van der Waals surface area contributed by atoms with Crippen molar-refractivity contribution < 1.29 is 9.90 Å². The summed E-state index contributed by atoms with van der Waals surface area (Å²) >= 11 is 0. The molecule has 144 valence electrons. The lowest BCUT2D eigenvalue weighted by atomic mass is 10.3. The number of nitrogens with one attached hydrogen (secondary N) is 2. The summed E-state index contributed by atoms with van der Waals surface area (Å²) in [6, 6.07) is 0. The normalized spacial score (nSPS) is 21.8. The number of rotatable bonds is 4. The van der Waals surface area contributed by atoms with E-state index in [4.69, 9.17) is 0 Å². The summed E-state index contributed by atoms with van der Waals surface area (Å²) < 4.78 is 1.72. The van der Waals surface area contributed by atoms with Gasteiger partial charge in [0.25, 0.3) is 5.91 Å². The summed E-state index contributed by atoms with van der Waals surface area (Å²) in [5.74, 6) is -0.166. The van der Waals surface area contributed by atoms with Gasteiger partial charge < -0.3 is 20.6 Å². The zero-order valence-electron chi connectivity index (χ0n) is 14.1. The summed E-state index contributed by atoms with van der Waals surface area (Å²) in [6.45, 7) is 7.86. The Labute approximate surface area is 159 Å². The van der Waals surface area contributed by atoms with E-state index >= 15 is 0 Å². The van der Waals surface area contributed by atoms with Gasteiger partial charge in [-0.2, -0.15) is 0 Å². The second-order valence-corrected chi connectivity index (χ2v) is 6.07. The minimum atomic E-state index is -0.538. The lowest BCUT2D eigenvalue weighted by molar-refractivity contribution is 0.0667. The van der Waals surface area contributed by atoms with E-state index in [9.17, 15) is 9.90 Å². The van der Waals surface area contributed by atoms with E-state index in [1.807, 2.05) is 0 Å². The number of nitrogens with zero attached hydrogens (tertiary/aromatic N) is 5. The van der Waals surface area contributed by atoms with Crippen LogP contribution in [-0.2, 0) is 6.54 Å². The van der Waals surface area contributed by atoms with E-state index < -0.39 is 6.10 Å². The Morgan fingerprint density at radius 3 is 2.64 bits per heavy atom. The topological polar surface area (TPSA) is 98.6 Å². The maximum Gasteiger partial charge on any atom is 0.276 e. The number of hydrogen-bond acceptors (Lipinski definition) is 7. The van der Waals surface area contributed by atoms with Crippen molar-refractivity contribution in [3.8, 4) is 0 Å². The molecule has 2 fully saturated rings. The molecule has 3 heterocycles. The fourth-order valence-electron chi connectivity index (χ4n) is 2.92. The largest absolute Gasteiger partial charge is 0.390 e. The molecular formula is C14H27Cl2N7O2. The fourth-order valence-corrected chi connectivity index (χ4v) is 2.92. The molecule has 1 amide bonds. The van der Waals surface area contributed by atoms with Crippen LogP contribution in [0.4, 0.5) is 0 Å². The first kappa shape index (κ1) is 22.1. The van der Waals surface area contributed by atoms with Gasteiger partial charge in [-0.05, 0) is 0 Å². The van der Waals surface area contributed by atoms with E-state index in [0.717, 1.165) is 39.3 Å². The standard InChI is InChI=1S/C14H25N7O2.2ClH/c22-12-9-16-3-6-20(10-12)14(23)13-11-21(18-17-13)8-7-19-4-1-15-2-5-19;;/h11-12,15-16,22H,1-10H2;2*1H. The summed E-state index contributed by atoms with van der Waals surface area (Å²) in [5.41, 5.74) is 0.347. The Morgan fingerprint density at radius 1 is 1.16 bits per heavy atom. The Morgan fingerprint density at radius 2 is 1.88 bits per heavy atom. The Kier molecular flexibility index (Phi) is 9.62. The molecule has 0 aliphatic carbocycles. The average molecular weight is 396 g/mol. The van der Waals surface area contributed by atoms with Gasteiger partial charge >= 0.3 is 0 Å². The first-order valence-corrected chi connectivity index (χ1v) is 8.23. The van der Waals surface area contributed by atoms with Gasteiger partial charge in [0.05, 0.1) is 18.8 Å². The highest BCUT2D eigenvalue weighted by molar-refractivity contribution is 5.92. The molecule has 0 bridgehead atoms. The van der Waals surface area contributed by atoms with Gasteiger partial charge in [-0.15, -0.1) is 29.9 Å². The Bertz CT molecular complexity index is 525. The molecule has 2 saturated heterocycles. The Balaban J connectivity index is 0.00000156. The summed E-state index contributed by atoms with van der Waals surface area (Å²) in [5, 5.41) is 24.3. The monoisotopic (exact) mass is 395 g/mol. The first-order valence-electron chi connectivity index (χ1n) is 8.23. The Hall–Kier alpha value is -0.970. The third-order valence-corrected chi connectivity index (χ3v) is 4.27. The van der Waals surface area contributed by atoms with Gasteiger partial charge in [-0.25, -0.2) is 0 Å². The van der Waals surface area contributed by atoms with Crippen LogP contribution >= 0.6 is 24.8 Å². The van der Waals surface area contributed by atoms with Gasteiger partial charge in [0.1, 0.15) is 0 Å². The van der Waals surface area contributed by atoms with Crippen LogP contribution in [0.15, 0.2) is 6.20 Å². The number of amides is 1. The van der Waals surface area contributed by atoms with E-state index in [0.29, 0.717) is 31.9 Å². The quantitative estimate of drug-likeness (QED) is 0.566. The van der Waals surface area contributed by atoms with Crippen molar-refractivity contribution in [1.29, 1.82) is 0 Å². The number of piperazine rings is 1. The number of aliphatic hydroxyl groups excluding tert-OH is 1. The molecule has 1 unspecified atom stereocenters. The highest BCUT2D eigenvalue weighted by Crippen LogP contribution is 2.04. The molecule has 2 aliphatic rings. The molecule has 1 aromatic heterocycles. The number of hydrogen-bond donors (Lipinski definition) is 3. The summed E-state index contributed by atoms with van der Waals surface area (Å²) in [6.07, 6.45) is 1.17. The smallest absolute Gasteiger partial charge is 0.276 e. The fraction of sp³-hybridized carbons (Fsp3) is 0.786. The van der Waals surface area contributed by atoms with Crippen molar-refractivity contribution in [2.24, 2.45) is 0 Å². The van der Waals surface area contributed by atoms with Crippen LogP contribution < -0.4 is 10.6 Å². The molecule has 0 spiro atoms. The highest BCUT2D eigenvalue weighted by atomic mass is 35.5. The van der Waals surface area contributed by atoms with Crippen LogP contribution in [0.2, 0.25) is 0 Å². The summed E-state index contributed by atoms with van der Waals surface area (Å²) in [4.78, 5) is 16.5. The highest BCUT2D eigenvalue weighted by Gasteiger charge is 2.23. The van der Waals surface area contributed by atoms with Crippen LogP contribution in [0.5, 0.6) is 0 Å². The summed E-state index contributed by atoms with van der Waals surface area (Å²) in [7, 11) is 0. The van der Waals surface area contributed by atoms with Crippen molar-refractivity contribution in [2.45, 2.75) is 12.6 Å². The van der Waals surface area contributed by atoms with Crippen molar-refractivity contribution in [3.05, 3.63) is 11.9 Å². The number of halogens is 2. The maximum atomic E-state index is 12.5. The number of carbonyl (C=O) groups excluding carboxylic acids is 1. The second-order valence-electron chi connectivity index (χ2n) is 6.07. The third-order valence-electron chi connectivity index (χ3n) is 4.27. The predicted molar refractivity (Wildman–Crippen MR) is 98.6 cm³/mol. The van der Waals surface area contributed by atoms with Crippen LogP contribution in [0, 0.1) is 0 Å². The molecule has 3 rings (SSSR count). The van der Waals surface area contributed by atoms with Crippen LogP contribution in [0.3, 0.4) is 0 Å². The second kappa shape index (κ2) is 10.9. The molecule has 25 heavy (non-hydrogen) atoms. The van der Waals surface area contributed by atoms with Crippen LogP contribution in [0.1, 0.15) is 10.5 Å². The number of aliphatic hydroxyl groups is 1. The first-order chi connectivity index (χ1) is 11.2. The lowest BCUT2D eigenvalue weighted by Gasteiger charge is -2.26. The van der Waals surface area contributed by atoms with Crippen molar-refractivity contribution in [2.75, 3.05) is 58.9 Å². The van der Waals surface area contributed by atoms with Crippen LogP contribution in [0.25, 0.3) is 0 Å². The molecule has 0 aromatic carbocycles. The van der Waals surface area contributed by atoms with Gasteiger partial charge in [0.15, 0.2) is 5.69 Å². The van der Waals surface area contributed by atoms with Crippen molar-refractivity contribution in [1.82, 2.24) is 35.4 Å². The SMILES string of the molecule is Cl.Cl.O=C(c1cn(CCN2CCNCC2)nn1)N1CCNCC(O)C1. The van der Waals surface area contributed by atoms with E-state index in [-0.39, 0.29) is 30.7 Å². The predicted octanol–water partition coefficient (Wildman–Crippen LogP) is -1.57. The van der Waals surface area contributed by atoms with Gasteiger partial charge in [-0.3, -0.25) is 14.4 Å². The lowest BCUT2D eigenvalue weighted by Crippen LogP contribution is -2.44. The number of carbonyl (C=O) groups is 1. The molecular weight excluding hydrogens is 369 g/mol. The van der Waals surface area contributed by atoms with Gasteiger partial charge in [0, 0.05) is 58.9 Å². The maximum absolute atomic E-state index is 12.5. The molecule has 0 radical (unpaired) electrons. The third kappa shape index (κ3) is 6.36. The zero-order valence-corrected chi connectivity index (χ0v) is 15.8. The number of β-amino-alcohol motifs (C(OH)–C–C–N with tert-alkyl or cyclic N) is 1. The van der Waals surface area contributed by atoms with E-state index in [1.165, 1.54) is 0 Å². The van der Waals surface area contributed by atoms with E-state index in [2.05, 4.69) is 25.8 Å². The number of aromatic nitrogens is 3. The molecule has 9 nitrogen and oxygen atoms in total.